The smallest absolute Gasteiger partial charge is 0.228 e. The summed E-state index contributed by atoms with van der Waals surface area (Å²) in [5.41, 5.74) is 4.10. The van der Waals surface area contributed by atoms with Crippen LogP contribution in [0.15, 0.2) is 84.9 Å². The molecule has 4 rings (SSSR count). The fourth-order valence-electron chi connectivity index (χ4n) is 4.14. The first-order valence-corrected chi connectivity index (χ1v) is 9.74. The molecular formula is C25H22N2O2. The summed E-state index contributed by atoms with van der Waals surface area (Å²) in [6.45, 7) is -0.163. The molecule has 29 heavy (non-hydrogen) atoms. The van der Waals surface area contributed by atoms with E-state index in [2.05, 4.69) is 18.2 Å². The van der Waals surface area contributed by atoms with E-state index < -0.39 is 6.04 Å². The van der Waals surface area contributed by atoms with Gasteiger partial charge in [-0.05, 0) is 22.3 Å². The van der Waals surface area contributed by atoms with E-state index in [0.717, 1.165) is 22.3 Å². The van der Waals surface area contributed by atoms with Crippen LogP contribution in [0.25, 0.3) is 11.1 Å². The van der Waals surface area contributed by atoms with Crippen LogP contribution in [0.5, 0.6) is 0 Å². The Balaban J connectivity index is 1.54. The summed E-state index contributed by atoms with van der Waals surface area (Å²) in [6.07, 6.45) is 0.231. The van der Waals surface area contributed by atoms with Gasteiger partial charge in [-0.1, -0.05) is 84.9 Å². The van der Waals surface area contributed by atoms with Crippen LogP contribution in [0.3, 0.4) is 0 Å². The zero-order valence-corrected chi connectivity index (χ0v) is 16.0. The highest BCUT2D eigenvalue weighted by atomic mass is 16.3. The standard InChI is InChI=1S/C25H22N2O2/c26-16-22-25(21-13-11-20(12-14-21)19-9-5-2-6-10-19)23(17-28)27(22)24(29)15-18-7-3-1-4-8-18/h1-14,22-23,25,28H,15,17H2/t22-,23-,25-/m1/s1. The Bertz CT molecular complexity index is 1010. The lowest BCUT2D eigenvalue weighted by Gasteiger charge is -2.51. The third-order valence-electron chi connectivity index (χ3n) is 5.62. The molecule has 1 fully saturated rings. The number of carbonyl (C=O) groups is 1. The normalized spacial score (nSPS) is 20.6. The van der Waals surface area contributed by atoms with Gasteiger partial charge >= 0.3 is 0 Å². The van der Waals surface area contributed by atoms with E-state index in [1.807, 2.05) is 72.8 Å². The lowest BCUT2D eigenvalue weighted by molar-refractivity contribution is -0.146. The average Bonchev–Trinajstić information content (AvgIpc) is 2.75. The van der Waals surface area contributed by atoms with Gasteiger partial charge in [0.15, 0.2) is 0 Å². The van der Waals surface area contributed by atoms with Crippen LogP contribution >= 0.6 is 0 Å². The van der Waals surface area contributed by atoms with Crippen molar-refractivity contribution in [1.29, 1.82) is 5.26 Å². The summed E-state index contributed by atoms with van der Waals surface area (Å²) in [5, 5.41) is 19.7. The Kier molecular flexibility index (Phi) is 5.41. The van der Waals surface area contributed by atoms with Crippen LogP contribution in [-0.2, 0) is 11.2 Å². The summed E-state index contributed by atoms with van der Waals surface area (Å²) < 4.78 is 0. The van der Waals surface area contributed by atoms with Gasteiger partial charge in [-0.25, -0.2) is 0 Å². The van der Waals surface area contributed by atoms with Gasteiger partial charge in [-0.3, -0.25) is 4.79 Å². The molecule has 1 N–H and O–H groups in total. The maximum atomic E-state index is 12.8. The van der Waals surface area contributed by atoms with Crippen molar-refractivity contribution in [2.75, 3.05) is 6.61 Å². The van der Waals surface area contributed by atoms with Gasteiger partial charge in [0.2, 0.25) is 5.91 Å². The molecule has 1 saturated heterocycles. The van der Waals surface area contributed by atoms with E-state index in [1.54, 1.807) is 4.90 Å². The summed E-state index contributed by atoms with van der Waals surface area (Å²) in [6, 6.07) is 28.9. The number of likely N-dealkylation sites (tertiary alicyclic amines) is 1. The number of carbonyl (C=O) groups excluding carboxylic acids is 1. The molecule has 0 unspecified atom stereocenters. The highest BCUT2D eigenvalue weighted by Gasteiger charge is 2.51. The first-order valence-electron chi connectivity index (χ1n) is 9.74. The SMILES string of the molecule is N#C[C@@H]1[C@@H](c2ccc(-c3ccccc3)cc2)[C@@H](CO)N1C(=O)Cc1ccccc1. The van der Waals surface area contributed by atoms with Crippen LogP contribution in [0.2, 0.25) is 0 Å². The average molecular weight is 382 g/mol. The Morgan fingerprint density at radius 2 is 1.48 bits per heavy atom. The molecule has 0 bridgehead atoms. The highest BCUT2D eigenvalue weighted by molar-refractivity contribution is 5.81. The minimum atomic E-state index is -0.564. The van der Waals surface area contributed by atoms with E-state index in [1.165, 1.54) is 0 Å². The van der Waals surface area contributed by atoms with Gasteiger partial charge in [-0.15, -0.1) is 0 Å². The number of nitrogens with zero attached hydrogens (tertiary/aromatic N) is 2. The van der Waals surface area contributed by atoms with E-state index in [4.69, 9.17) is 0 Å². The highest BCUT2D eigenvalue weighted by Crippen LogP contribution is 2.41. The van der Waals surface area contributed by atoms with Gasteiger partial charge in [0.05, 0.1) is 25.1 Å². The van der Waals surface area contributed by atoms with Gasteiger partial charge < -0.3 is 10.0 Å². The predicted octanol–water partition coefficient (Wildman–Crippen LogP) is 3.78. The lowest BCUT2D eigenvalue weighted by atomic mass is 9.75. The van der Waals surface area contributed by atoms with Crippen molar-refractivity contribution in [1.82, 2.24) is 4.90 Å². The Morgan fingerprint density at radius 1 is 0.897 bits per heavy atom. The molecule has 0 radical (unpaired) electrons. The van der Waals surface area contributed by atoms with Crippen molar-refractivity contribution >= 4 is 5.91 Å². The Morgan fingerprint density at radius 3 is 2.07 bits per heavy atom. The van der Waals surface area contributed by atoms with Gasteiger partial charge in [0.1, 0.15) is 6.04 Å². The van der Waals surface area contributed by atoms with E-state index in [9.17, 15) is 15.2 Å². The lowest BCUT2D eigenvalue weighted by Crippen LogP contribution is -2.65. The minimum absolute atomic E-state index is 0.126. The number of benzene rings is 3. The van der Waals surface area contributed by atoms with E-state index in [0.29, 0.717) is 0 Å². The van der Waals surface area contributed by atoms with Crippen molar-refractivity contribution < 1.29 is 9.90 Å². The summed E-state index contributed by atoms with van der Waals surface area (Å²) in [7, 11) is 0. The van der Waals surface area contributed by atoms with Gasteiger partial charge in [0.25, 0.3) is 0 Å². The topological polar surface area (TPSA) is 64.3 Å². The van der Waals surface area contributed by atoms with Crippen molar-refractivity contribution in [3.8, 4) is 17.2 Å². The Hall–Kier alpha value is -3.42. The van der Waals surface area contributed by atoms with Gasteiger partial charge in [-0.2, -0.15) is 5.26 Å². The molecule has 4 nitrogen and oxygen atoms in total. The molecule has 3 aromatic carbocycles. The fourth-order valence-corrected chi connectivity index (χ4v) is 4.14. The third-order valence-corrected chi connectivity index (χ3v) is 5.62. The van der Waals surface area contributed by atoms with Crippen LogP contribution < -0.4 is 0 Å². The summed E-state index contributed by atoms with van der Waals surface area (Å²) in [4.78, 5) is 14.4. The second-order valence-corrected chi connectivity index (χ2v) is 7.30. The number of rotatable bonds is 5. The van der Waals surface area contributed by atoms with Crippen molar-refractivity contribution in [3.63, 3.8) is 0 Å². The van der Waals surface area contributed by atoms with Gasteiger partial charge in [0, 0.05) is 5.92 Å². The number of hydrogen-bond donors (Lipinski definition) is 1. The summed E-state index contributed by atoms with van der Waals surface area (Å²) in [5.74, 6) is -0.312. The molecule has 3 atom stereocenters. The molecule has 0 saturated carbocycles. The second kappa shape index (κ2) is 8.30. The van der Waals surface area contributed by atoms with Crippen molar-refractivity contribution in [2.24, 2.45) is 0 Å². The number of hydrogen-bond acceptors (Lipinski definition) is 3. The first kappa shape index (κ1) is 18.9. The molecule has 0 aromatic heterocycles. The fraction of sp³-hybridized carbons (Fsp3) is 0.200. The molecule has 3 aromatic rings. The number of aliphatic hydroxyl groups excluding tert-OH is 1. The minimum Gasteiger partial charge on any atom is -0.394 e. The van der Waals surface area contributed by atoms with E-state index >= 15 is 0 Å². The molecule has 1 amide bonds. The number of aliphatic hydroxyl groups is 1. The van der Waals surface area contributed by atoms with Crippen molar-refractivity contribution in [2.45, 2.75) is 24.4 Å². The van der Waals surface area contributed by atoms with Crippen LogP contribution in [0.4, 0.5) is 0 Å². The number of nitriles is 1. The molecule has 144 valence electrons. The zero-order valence-electron chi connectivity index (χ0n) is 16.0. The molecular weight excluding hydrogens is 360 g/mol. The predicted molar refractivity (Wildman–Crippen MR) is 112 cm³/mol. The molecule has 0 aliphatic carbocycles. The molecule has 1 heterocycles. The quantitative estimate of drug-likeness (QED) is 0.730. The second-order valence-electron chi connectivity index (χ2n) is 7.30. The summed E-state index contributed by atoms with van der Waals surface area (Å²) >= 11 is 0. The Labute approximate surface area is 170 Å². The van der Waals surface area contributed by atoms with Crippen LogP contribution in [0, 0.1) is 11.3 Å². The third kappa shape index (κ3) is 3.65. The molecule has 4 heteroatoms. The number of amides is 1. The molecule has 1 aliphatic heterocycles. The largest absolute Gasteiger partial charge is 0.394 e. The maximum absolute atomic E-state index is 12.8. The maximum Gasteiger partial charge on any atom is 0.228 e. The van der Waals surface area contributed by atoms with Crippen LogP contribution in [0.1, 0.15) is 17.0 Å². The van der Waals surface area contributed by atoms with E-state index in [-0.39, 0.29) is 30.9 Å². The molecule has 1 aliphatic rings. The molecule has 0 spiro atoms. The monoisotopic (exact) mass is 382 g/mol. The zero-order chi connectivity index (χ0) is 20.2. The first-order chi connectivity index (χ1) is 14.2. The van der Waals surface area contributed by atoms with Crippen molar-refractivity contribution in [3.05, 3.63) is 96.1 Å². The van der Waals surface area contributed by atoms with Crippen LogP contribution in [-0.4, -0.2) is 34.6 Å².